The highest BCUT2D eigenvalue weighted by molar-refractivity contribution is 5.99. The average Bonchev–Trinajstić information content (AvgIpc) is 3.30. The van der Waals surface area contributed by atoms with Gasteiger partial charge in [-0.1, -0.05) is 0 Å². The van der Waals surface area contributed by atoms with Crippen molar-refractivity contribution in [3.8, 4) is 11.5 Å². The van der Waals surface area contributed by atoms with Gasteiger partial charge in [0.2, 0.25) is 0 Å². The largest absolute Gasteiger partial charge is 0.497 e. The molecule has 3 aliphatic heterocycles. The molecular weight excluding hydrogens is 530 g/mol. The number of halogens is 2. The van der Waals surface area contributed by atoms with Gasteiger partial charge in [-0.05, 0) is 60.4 Å². The maximum absolute atomic E-state index is 13.6. The molecule has 0 aliphatic carbocycles. The fourth-order valence-corrected chi connectivity index (χ4v) is 5.90. The molecule has 0 bridgehead atoms. The lowest BCUT2D eigenvalue weighted by atomic mass is 10.0. The summed E-state index contributed by atoms with van der Waals surface area (Å²) in [7, 11) is 3.20. The molecule has 0 spiro atoms. The number of piperidine rings is 1. The van der Waals surface area contributed by atoms with E-state index in [-0.39, 0.29) is 37.7 Å². The van der Waals surface area contributed by atoms with Crippen molar-refractivity contribution < 1.29 is 27.8 Å². The first kappa shape index (κ1) is 27.0. The van der Waals surface area contributed by atoms with Crippen LogP contribution in [0.2, 0.25) is 0 Å². The molecule has 0 atom stereocenters. The third-order valence-electron chi connectivity index (χ3n) is 8.19. The number of nitrogens with zero attached hydrogens (tertiary/aromatic N) is 4. The minimum atomic E-state index is -2.70. The quantitative estimate of drug-likeness (QED) is 0.411. The maximum atomic E-state index is 13.6. The standard InChI is InChI=1S/C31H32F2N4O4/c1-40-25-7-5-21(27(16-25)41-2)18-36-19-23-15-24(6-8-26(23)30(36)39)37-11-3-4-20-14-22(17-34-28(20)37)29(38)35-12-9-31(32,33)10-13-35/h5-8,14-17H,3-4,9-13,18-19H2,1-2H3. The molecule has 214 valence electrons. The first-order valence-corrected chi connectivity index (χ1v) is 13.8. The number of ether oxygens (including phenoxy) is 2. The van der Waals surface area contributed by atoms with Crippen LogP contribution in [0.25, 0.3) is 0 Å². The summed E-state index contributed by atoms with van der Waals surface area (Å²) in [6.45, 7) is 1.74. The van der Waals surface area contributed by atoms with E-state index >= 15 is 0 Å². The number of aromatic nitrogens is 1. The number of amides is 2. The molecule has 2 aromatic carbocycles. The van der Waals surface area contributed by atoms with Gasteiger partial charge in [-0.2, -0.15) is 0 Å². The molecule has 1 aromatic heterocycles. The highest BCUT2D eigenvalue weighted by atomic mass is 19.3. The van der Waals surface area contributed by atoms with Crippen molar-refractivity contribution in [2.75, 3.05) is 38.8 Å². The number of rotatable bonds is 6. The van der Waals surface area contributed by atoms with E-state index in [1.54, 1.807) is 25.3 Å². The van der Waals surface area contributed by atoms with E-state index < -0.39 is 5.92 Å². The molecule has 1 fully saturated rings. The zero-order valence-electron chi connectivity index (χ0n) is 23.2. The Morgan fingerprint density at radius 1 is 1.00 bits per heavy atom. The Kier molecular flexibility index (Phi) is 7.01. The smallest absolute Gasteiger partial charge is 0.255 e. The highest BCUT2D eigenvalue weighted by Gasteiger charge is 2.36. The second-order valence-corrected chi connectivity index (χ2v) is 10.8. The van der Waals surface area contributed by atoms with Gasteiger partial charge in [0.25, 0.3) is 17.7 Å². The maximum Gasteiger partial charge on any atom is 0.255 e. The van der Waals surface area contributed by atoms with Crippen LogP contribution in [-0.4, -0.2) is 66.4 Å². The average molecular weight is 563 g/mol. The van der Waals surface area contributed by atoms with Crippen LogP contribution in [0.15, 0.2) is 48.7 Å². The SMILES string of the molecule is COc1ccc(CN2Cc3cc(N4CCCc5cc(C(=O)N6CCC(F)(F)CC6)cnc54)ccc3C2=O)c(OC)c1. The lowest BCUT2D eigenvalue weighted by Crippen LogP contribution is -2.42. The topological polar surface area (TPSA) is 75.2 Å². The van der Waals surface area contributed by atoms with E-state index in [4.69, 9.17) is 9.47 Å². The molecule has 0 unspecified atom stereocenters. The summed E-state index contributed by atoms with van der Waals surface area (Å²) in [6.07, 6.45) is 2.58. The zero-order chi connectivity index (χ0) is 28.7. The number of alkyl halides is 2. The Labute approximate surface area is 237 Å². The van der Waals surface area contributed by atoms with Gasteiger partial charge in [-0.3, -0.25) is 9.59 Å². The lowest BCUT2D eigenvalue weighted by Gasteiger charge is -2.33. The van der Waals surface area contributed by atoms with Crippen molar-refractivity contribution >= 4 is 23.3 Å². The summed E-state index contributed by atoms with van der Waals surface area (Å²) in [4.78, 5) is 36.3. The molecule has 4 heterocycles. The van der Waals surface area contributed by atoms with Gasteiger partial charge in [0.05, 0.1) is 19.8 Å². The van der Waals surface area contributed by atoms with Gasteiger partial charge in [0.15, 0.2) is 0 Å². The van der Waals surface area contributed by atoms with Crippen LogP contribution in [-0.2, 0) is 19.5 Å². The van der Waals surface area contributed by atoms with E-state index in [1.807, 2.05) is 42.5 Å². The number of likely N-dealkylation sites (tertiary alicyclic amines) is 1. The van der Waals surface area contributed by atoms with Crippen molar-refractivity contribution in [2.24, 2.45) is 0 Å². The molecule has 10 heteroatoms. The molecule has 0 saturated carbocycles. The fourth-order valence-electron chi connectivity index (χ4n) is 5.90. The third kappa shape index (κ3) is 5.18. The van der Waals surface area contributed by atoms with Crippen LogP contribution < -0.4 is 14.4 Å². The zero-order valence-corrected chi connectivity index (χ0v) is 23.2. The summed E-state index contributed by atoms with van der Waals surface area (Å²) in [5.41, 5.74) is 4.84. The van der Waals surface area contributed by atoms with Crippen molar-refractivity contribution in [2.45, 2.75) is 44.7 Å². The Hall–Kier alpha value is -4.21. The molecule has 0 N–H and O–H groups in total. The molecule has 1 saturated heterocycles. The minimum Gasteiger partial charge on any atom is -0.497 e. The number of methoxy groups -OCH3 is 2. The van der Waals surface area contributed by atoms with Crippen molar-refractivity contribution in [3.05, 3.63) is 76.5 Å². The van der Waals surface area contributed by atoms with Crippen LogP contribution in [0.4, 0.5) is 20.3 Å². The van der Waals surface area contributed by atoms with Gasteiger partial charge in [-0.15, -0.1) is 0 Å². The fraction of sp³-hybridized carbons (Fsp3) is 0.387. The molecular formula is C31H32F2N4O4. The summed E-state index contributed by atoms with van der Waals surface area (Å²) >= 11 is 0. The Balaban J connectivity index is 1.20. The Morgan fingerprint density at radius 2 is 1.80 bits per heavy atom. The molecule has 3 aliphatic rings. The lowest BCUT2D eigenvalue weighted by molar-refractivity contribution is -0.0494. The van der Waals surface area contributed by atoms with Crippen molar-refractivity contribution in [3.63, 3.8) is 0 Å². The van der Waals surface area contributed by atoms with Crippen LogP contribution >= 0.6 is 0 Å². The number of aryl methyl sites for hydroxylation is 1. The molecule has 0 radical (unpaired) electrons. The number of hydrogen-bond donors (Lipinski definition) is 0. The highest BCUT2D eigenvalue weighted by Crippen LogP contribution is 2.36. The number of pyridine rings is 1. The molecule has 2 amide bonds. The third-order valence-corrected chi connectivity index (χ3v) is 8.19. The number of benzene rings is 2. The van der Waals surface area contributed by atoms with E-state index in [9.17, 15) is 18.4 Å². The van der Waals surface area contributed by atoms with Gasteiger partial charge < -0.3 is 24.2 Å². The van der Waals surface area contributed by atoms with Crippen LogP contribution in [0.5, 0.6) is 11.5 Å². The molecule has 41 heavy (non-hydrogen) atoms. The summed E-state index contributed by atoms with van der Waals surface area (Å²) in [6, 6.07) is 13.3. The van der Waals surface area contributed by atoms with Crippen LogP contribution in [0, 0.1) is 0 Å². The summed E-state index contributed by atoms with van der Waals surface area (Å²) in [5, 5.41) is 0. The number of hydrogen-bond acceptors (Lipinski definition) is 6. The van der Waals surface area contributed by atoms with E-state index in [0.29, 0.717) is 35.7 Å². The Morgan fingerprint density at radius 3 is 2.56 bits per heavy atom. The molecule has 6 rings (SSSR count). The summed E-state index contributed by atoms with van der Waals surface area (Å²) in [5.74, 6) is -0.846. The van der Waals surface area contributed by atoms with E-state index in [1.165, 1.54) is 4.90 Å². The van der Waals surface area contributed by atoms with E-state index in [0.717, 1.165) is 47.6 Å². The van der Waals surface area contributed by atoms with Crippen molar-refractivity contribution in [1.29, 1.82) is 0 Å². The van der Waals surface area contributed by atoms with Crippen LogP contribution in [0.3, 0.4) is 0 Å². The first-order chi connectivity index (χ1) is 19.8. The van der Waals surface area contributed by atoms with E-state index in [2.05, 4.69) is 9.88 Å². The predicted molar refractivity (Wildman–Crippen MR) is 149 cm³/mol. The van der Waals surface area contributed by atoms with Gasteiger partial charge in [0, 0.05) is 74.6 Å². The van der Waals surface area contributed by atoms with Gasteiger partial charge in [0.1, 0.15) is 17.3 Å². The number of carbonyl (C=O) groups is 2. The second kappa shape index (κ2) is 10.6. The van der Waals surface area contributed by atoms with Crippen LogP contribution in [0.1, 0.15) is 56.7 Å². The molecule has 8 nitrogen and oxygen atoms in total. The minimum absolute atomic E-state index is 0.0276. The van der Waals surface area contributed by atoms with Gasteiger partial charge >= 0.3 is 0 Å². The first-order valence-electron chi connectivity index (χ1n) is 13.8. The number of fused-ring (bicyclic) bond motifs is 2. The monoisotopic (exact) mass is 562 g/mol. The second-order valence-electron chi connectivity index (χ2n) is 10.8. The van der Waals surface area contributed by atoms with Crippen molar-refractivity contribution in [1.82, 2.24) is 14.8 Å². The Bertz CT molecular complexity index is 1500. The predicted octanol–water partition coefficient (Wildman–Crippen LogP) is 5.21. The normalized spacial score (nSPS) is 17.8. The van der Waals surface area contributed by atoms with Gasteiger partial charge in [-0.25, -0.2) is 13.8 Å². The molecule has 3 aromatic rings. The summed E-state index contributed by atoms with van der Waals surface area (Å²) < 4.78 is 37.9. The number of anilines is 2. The number of carbonyl (C=O) groups excluding carboxylic acids is 2.